The van der Waals surface area contributed by atoms with Crippen molar-refractivity contribution in [1.82, 2.24) is 5.32 Å². The molecule has 0 bridgehead atoms. The molecule has 0 amide bonds. The zero-order valence-electron chi connectivity index (χ0n) is 7.04. The van der Waals surface area contributed by atoms with Crippen molar-refractivity contribution >= 4 is 0 Å². The summed E-state index contributed by atoms with van der Waals surface area (Å²) in [4.78, 5) is 0. The number of hydrogen-bond acceptors (Lipinski definition) is 1. The average Bonchev–Trinajstić information content (AvgIpc) is 1.89. The van der Waals surface area contributed by atoms with E-state index in [0.717, 1.165) is 13.1 Å². The van der Waals surface area contributed by atoms with Gasteiger partial charge >= 0.3 is 0 Å². The fourth-order valence-corrected chi connectivity index (χ4v) is 1.41. The van der Waals surface area contributed by atoms with Gasteiger partial charge in [-0.2, -0.15) is 0 Å². The van der Waals surface area contributed by atoms with Gasteiger partial charge in [-0.05, 0) is 38.3 Å². The molecule has 0 radical (unpaired) electrons. The summed E-state index contributed by atoms with van der Waals surface area (Å²) in [7, 11) is 0. The van der Waals surface area contributed by atoms with Crippen LogP contribution in [0.4, 0.5) is 0 Å². The minimum Gasteiger partial charge on any atom is -0.317 e. The van der Waals surface area contributed by atoms with E-state index in [2.05, 4.69) is 25.7 Å². The molecule has 1 heteroatoms. The predicted molar refractivity (Wildman–Crippen MR) is 45.0 cm³/mol. The molecule has 1 nitrogen and oxygen atoms in total. The maximum Gasteiger partial charge on any atom is -0.00406 e. The first-order valence-corrected chi connectivity index (χ1v) is 4.02. The normalized spacial score (nSPS) is 24.2. The molecule has 0 aromatic rings. The topological polar surface area (TPSA) is 12.0 Å². The third-order valence-electron chi connectivity index (χ3n) is 2.74. The van der Waals surface area contributed by atoms with Crippen molar-refractivity contribution in [2.45, 2.75) is 26.7 Å². The standard InChI is InChI=1S/C9H17N/c1-8(2)9(3)4-6-10-7-5-9/h10H,1,4-7H2,2-3H3. The van der Waals surface area contributed by atoms with E-state index >= 15 is 0 Å². The maximum absolute atomic E-state index is 4.02. The second kappa shape index (κ2) is 2.75. The summed E-state index contributed by atoms with van der Waals surface area (Å²) in [6.07, 6.45) is 2.50. The molecule has 0 spiro atoms. The number of piperidine rings is 1. The molecule has 1 rings (SSSR count). The first kappa shape index (κ1) is 7.80. The third-order valence-corrected chi connectivity index (χ3v) is 2.74. The van der Waals surface area contributed by atoms with Crippen molar-refractivity contribution in [2.75, 3.05) is 13.1 Å². The molecule has 1 N–H and O–H groups in total. The number of allylic oxidation sites excluding steroid dienone is 1. The summed E-state index contributed by atoms with van der Waals surface area (Å²) >= 11 is 0. The van der Waals surface area contributed by atoms with Crippen LogP contribution in [0.5, 0.6) is 0 Å². The lowest BCUT2D eigenvalue weighted by Gasteiger charge is -2.34. The molecule has 10 heavy (non-hydrogen) atoms. The molecule has 1 aliphatic rings. The van der Waals surface area contributed by atoms with Crippen LogP contribution in [-0.2, 0) is 0 Å². The highest BCUT2D eigenvalue weighted by molar-refractivity contribution is 5.06. The highest BCUT2D eigenvalue weighted by Crippen LogP contribution is 2.34. The van der Waals surface area contributed by atoms with Gasteiger partial charge in [0.2, 0.25) is 0 Å². The Hall–Kier alpha value is -0.300. The Morgan fingerprint density at radius 1 is 1.40 bits per heavy atom. The lowest BCUT2D eigenvalue weighted by atomic mass is 9.76. The van der Waals surface area contributed by atoms with Crippen LogP contribution in [0, 0.1) is 5.41 Å². The van der Waals surface area contributed by atoms with Crippen molar-refractivity contribution < 1.29 is 0 Å². The fourth-order valence-electron chi connectivity index (χ4n) is 1.41. The highest BCUT2D eigenvalue weighted by Gasteiger charge is 2.26. The second-order valence-electron chi connectivity index (χ2n) is 3.59. The minimum atomic E-state index is 0.422. The Morgan fingerprint density at radius 2 is 1.90 bits per heavy atom. The van der Waals surface area contributed by atoms with E-state index in [9.17, 15) is 0 Å². The molecule has 1 fully saturated rings. The van der Waals surface area contributed by atoms with Gasteiger partial charge in [0, 0.05) is 0 Å². The first-order chi connectivity index (χ1) is 4.65. The molecule has 0 aromatic carbocycles. The molecule has 1 aliphatic heterocycles. The van der Waals surface area contributed by atoms with Gasteiger partial charge in [-0.1, -0.05) is 19.1 Å². The Kier molecular flexibility index (Phi) is 2.14. The van der Waals surface area contributed by atoms with Gasteiger partial charge in [-0.3, -0.25) is 0 Å². The summed E-state index contributed by atoms with van der Waals surface area (Å²) in [6.45, 7) is 10.8. The molecule has 0 saturated carbocycles. The van der Waals surface area contributed by atoms with Crippen LogP contribution in [0.2, 0.25) is 0 Å². The van der Waals surface area contributed by atoms with Crippen molar-refractivity contribution in [3.63, 3.8) is 0 Å². The van der Waals surface area contributed by atoms with Gasteiger partial charge in [0.05, 0.1) is 0 Å². The van der Waals surface area contributed by atoms with Crippen molar-refractivity contribution in [1.29, 1.82) is 0 Å². The van der Waals surface area contributed by atoms with E-state index in [1.54, 1.807) is 0 Å². The quantitative estimate of drug-likeness (QED) is 0.547. The van der Waals surface area contributed by atoms with Crippen LogP contribution in [0.3, 0.4) is 0 Å². The average molecular weight is 139 g/mol. The van der Waals surface area contributed by atoms with E-state index in [0.29, 0.717) is 5.41 Å². The first-order valence-electron chi connectivity index (χ1n) is 4.02. The minimum absolute atomic E-state index is 0.422. The molecular formula is C9H17N. The van der Waals surface area contributed by atoms with Gasteiger partial charge in [0.25, 0.3) is 0 Å². The lowest BCUT2D eigenvalue weighted by molar-refractivity contribution is 0.283. The summed E-state index contributed by atoms with van der Waals surface area (Å²) in [6, 6.07) is 0. The molecule has 0 atom stereocenters. The van der Waals surface area contributed by atoms with Crippen LogP contribution in [0.1, 0.15) is 26.7 Å². The van der Waals surface area contributed by atoms with Gasteiger partial charge in [-0.15, -0.1) is 0 Å². The van der Waals surface area contributed by atoms with Crippen LogP contribution >= 0.6 is 0 Å². The monoisotopic (exact) mass is 139 g/mol. The summed E-state index contributed by atoms with van der Waals surface area (Å²) in [5.41, 5.74) is 1.76. The van der Waals surface area contributed by atoms with E-state index < -0.39 is 0 Å². The van der Waals surface area contributed by atoms with Crippen molar-refractivity contribution in [3.05, 3.63) is 12.2 Å². The van der Waals surface area contributed by atoms with E-state index in [1.807, 2.05) is 0 Å². The van der Waals surface area contributed by atoms with E-state index in [4.69, 9.17) is 0 Å². The van der Waals surface area contributed by atoms with Gasteiger partial charge in [0.1, 0.15) is 0 Å². The molecule has 1 heterocycles. The SMILES string of the molecule is C=C(C)C1(C)CCNCC1. The number of hydrogen-bond donors (Lipinski definition) is 1. The predicted octanol–water partition coefficient (Wildman–Crippen LogP) is 1.95. The molecule has 0 aliphatic carbocycles. The molecule has 0 unspecified atom stereocenters. The molecule has 0 aromatic heterocycles. The summed E-state index contributed by atoms with van der Waals surface area (Å²) in [5, 5.41) is 3.35. The van der Waals surface area contributed by atoms with Gasteiger partial charge < -0.3 is 5.32 Å². The number of rotatable bonds is 1. The molecule has 1 saturated heterocycles. The highest BCUT2D eigenvalue weighted by atomic mass is 14.9. The lowest BCUT2D eigenvalue weighted by Crippen LogP contribution is -2.35. The van der Waals surface area contributed by atoms with Gasteiger partial charge in [-0.25, -0.2) is 0 Å². The second-order valence-corrected chi connectivity index (χ2v) is 3.59. The third kappa shape index (κ3) is 1.40. The van der Waals surface area contributed by atoms with Gasteiger partial charge in [0.15, 0.2) is 0 Å². The fraction of sp³-hybridized carbons (Fsp3) is 0.778. The Balaban J connectivity index is 2.56. The van der Waals surface area contributed by atoms with Crippen molar-refractivity contribution in [3.8, 4) is 0 Å². The van der Waals surface area contributed by atoms with Crippen LogP contribution in [0.15, 0.2) is 12.2 Å². The smallest absolute Gasteiger partial charge is 0.00406 e. The number of nitrogens with one attached hydrogen (secondary N) is 1. The van der Waals surface area contributed by atoms with Crippen LogP contribution < -0.4 is 5.32 Å². The summed E-state index contributed by atoms with van der Waals surface area (Å²) < 4.78 is 0. The maximum atomic E-state index is 4.02. The van der Waals surface area contributed by atoms with Crippen LogP contribution in [0.25, 0.3) is 0 Å². The molecular weight excluding hydrogens is 122 g/mol. The van der Waals surface area contributed by atoms with E-state index in [1.165, 1.54) is 18.4 Å². The summed E-state index contributed by atoms with van der Waals surface area (Å²) in [5.74, 6) is 0. The largest absolute Gasteiger partial charge is 0.317 e. The Bertz CT molecular complexity index is 132. The van der Waals surface area contributed by atoms with Crippen molar-refractivity contribution in [2.24, 2.45) is 5.41 Å². The zero-order chi connectivity index (χ0) is 7.61. The van der Waals surface area contributed by atoms with E-state index in [-0.39, 0.29) is 0 Å². The zero-order valence-corrected chi connectivity index (χ0v) is 7.04. The Labute approximate surface area is 63.5 Å². The van der Waals surface area contributed by atoms with Crippen LogP contribution in [-0.4, -0.2) is 13.1 Å². The molecule has 58 valence electrons. The Morgan fingerprint density at radius 3 is 2.20 bits per heavy atom.